The van der Waals surface area contributed by atoms with Crippen LogP contribution in [0.5, 0.6) is 0 Å². The molecule has 0 aliphatic heterocycles. The zero-order chi connectivity index (χ0) is 15.4. The van der Waals surface area contributed by atoms with Gasteiger partial charge in [0.05, 0.1) is 16.8 Å². The van der Waals surface area contributed by atoms with Crippen LogP contribution >= 0.6 is 0 Å². The number of amides is 1. The average molecular weight is 287 g/mol. The summed E-state index contributed by atoms with van der Waals surface area (Å²) in [5.74, 6) is 4.81. The Morgan fingerprint density at radius 2 is 2.10 bits per heavy atom. The number of non-ortho nitro benzene ring substituents is 1. The average Bonchev–Trinajstić information content (AvgIpc) is 2.49. The van der Waals surface area contributed by atoms with Crippen LogP contribution in [0, 0.1) is 17.0 Å². The van der Waals surface area contributed by atoms with Crippen LogP contribution in [0.15, 0.2) is 36.5 Å². The fourth-order valence-corrected chi connectivity index (χ4v) is 1.70. The molecule has 0 aliphatic rings. The fraction of sp³-hybridized carbons (Fsp3) is 0.0769. The maximum Gasteiger partial charge on any atom is 0.274 e. The highest BCUT2D eigenvalue weighted by Crippen LogP contribution is 2.21. The van der Waals surface area contributed by atoms with Crippen molar-refractivity contribution in [1.29, 1.82) is 0 Å². The van der Waals surface area contributed by atoms with Gasteiger partial charge in [0.15, 0.2) is 0 Å². The SMILES string of the molecule is Cc1cc([N+](=O)[O-])ccc1NC(=O)c1ccc(NN)cn1. The zero-order valence-electron chi connectivity index (χ0n) is 11.2. The van der Waals surface area contributed by atoms with E-state index in [0.717, 1.165) is 0 Å². The first-order valence-electron chi connectivity index (χ1n) is 6.00. The molecule has 8 nitrogen and oxygen atoms in total. The summed E-state index contributed by atoms with van der Waals surface area (Å²) in [4.78, 5) is 26.2. The second-order valence-corrected chi connectivity index (χ2v) is 4.29. The van der Waals surface area contributed by atoms with E-state index in [9.17, 15) is 14.9 Å². The molecular formula is C13H13N5O3. The summed E-state index contributed by atoms with van der Waals surface area (Å²) in [7, 11) is 0. The third-order valence-electron chi connectivity index (χ3n) is 2.83. The minimum absolute atomic E-state index is 0.0259. The fourth-order valence-electron chi connectivity index (χ4n) is 1.70. The number of pyridine rings is 1. The summed E-state index contributed by atoms with van der Waals surface area (Å²) in [5, 5.41) is 13.3. The highest BCUT2D eigenvalue weighted by Gasteiger charge is 2.12. The van der Waals surface area contributed by atoms with Crippen LogP contribution in [0.2, 0.25) is 0 Å². The molecule has 1 aromatic heterocycles. The molecule has 0 saturated carbocycles. The molecule has 0 saturated heterocycles. The van der Waals surface area contributed by atoms with Crippen molar-refractivity contribution in [3.05, 3.63) is 57.9 Å². The van der Waals surface area contributed by atoms with Crippen LogP contribution in [0.25, 0.3) is 0 Å². The molecule has 8 heteroatoms. The minimum atomic E-state index is -0.487. The molecule has 2 rings (SSSR count). The predicted molar refractivity (Wildman–Crippen MR) is 77.8 cm³/mol. The Labute approximate surface area is 120 Å². The van der Waals surface area contributed by atoms with E-state index in [4.69, 9.17) is 5.84 Å². The first-order valence-corrected chi connectivity index (χ1v) is 6.00. The number of nitrogens with zero attached hydrogens (tertiary/aromatic N) is 2. The maximum absolute atomic E-state index is 12.0. The van der Waals surface area contributed by atoms with Gasteiger partial charge in [0.2, 0.25) is 0 Å². The molecule has 0 spiro atoms. The van der Waals surface area contributed by atoms with Gasteiger partial charge >= 0.3 is 0 Å². The highest BCUT2D eigenvalue weighted by atomic mass is 16.6. The first-order chi connectivity index (χ1) is 10.0. The molecule has 108 valence electrons. The Morgan fingerprint density at radius 3 is 2.62 bits per heavy atom. The monoisotopic (exact) mass is 287 g/mol. The van der Waals surface area contributed by atoms with E-state index in [1.165, 1.54) is 30.5 Å². The van der Waals surface area contributed by atoms with Gasteiger partial charge in [0.1, 0.15) is 5.69 Å². The molecule has 0 unspecified atom stereocenters. The van der Waals surface area contributed by atoms with Crippen LogP contribution in [-0.4, -0.2) is 15.8 Å². The largest absolute Gasteiger partial charge is 0.323 e. The summed E-state index contributed by atoms with van der Waals surface area (Å²) in [6, 6.07) is 7.35. The molecule has 1 amide bonds. The molecule has 4 N–H and O–H groups in total. The smallest absolute Gasteiger partial charge is 0.274 e. The summed E-state index contributed by atoms with van der Waals surface area (Å²) < 4.78 is 0. The number of hydrogen-bond acceptors (Lipinski definition) is 6. The molecule has 1 aromatic carbocycles. The topological polar surface area (TPSA) is 123 Å². The summed E-state index contributed by atoms with van der Waals surface area (Å²) in [6.07, 6.45) is 1.43. The number of nitro groups is 1. The van der Waals surface area contributed by atoms with E-state index in [2.05, 4.69) is 15.7 Å². The van der Waals surface area contributed by atoms with Crippen LogP contribution in [0.4, 0.5) is 17.1 Å². The lowest BCUT2D eigenvalue weighted by Gasteiger charge is -2.08. The lowest BCUT2D eigenvalue weighted by atomic mass is 10.1. The van der Waals surface area contributed by atoms with Crippen LogP contribution in [-0.2, 0) is 0 Å². The Balaban J connectivity index is 2.17. The Kier molecular flexibility index (Phi) is 4.10. The normalized spacial score (nSPS) is 10.0. The maximum atomic E-state index is 12.0. The van der Waals surface area contributed by atoms with Gasteiger partial charge in [-0.3, -0.25) is 20.8 Å². The third-order valence-corrected chi connectivity index (χ3v) is 2.83. The molecular weight excluding hydrogens is 274 g/mol. The Hall–Kier alpha value is -3.00. The number of aromatic nitrogens is 1. The Morgan fingerprint density at radius 1 is 1.33 bits per heavy atom. The number of carbonyl (C=O) groups excluding carboxylic acids is 1. The van der Waals surface area contributed by atoms with Crippen LogP contribution in [0.3, 0.4) is 0 Å². The number of aryl methyl sites for hydroxylation is 1. The lowest BCUT2D eigenvalue weighted by molar-refractivity contribution is -0.384. The van der Waals surface area contributed by atoms with Crippen molar-refractivity contribution in [3.8, 4) is 0 Å². The number of rotatable bonds is 4. The van der Waals surface area contributed by atoms with Crippen molar-refractivity contribution >= 4 is 23.0 Å². The standard InChI is InChI=1S/C13H13N5O3/c1-8-6-10(18(20)21)3-5-11(8)16-13(19)12-4-2-9(17-14)7-15-12/h2-7,17H,14H2,1H3,(H,16,19). The van der Waals surface area contributed by atoms with Crippen molar-refractivity contribution in [2.75, 3.05) is 10.7 Å². The van der Waals surface area contributed by atoms with Gasteiger partial charge in [0, 0.05) is 17.8 Å². The van der Waals surface area contributed by atoms with Crippen LogP contribution in [0.1, 0.15) is 16.1 Å². The number of nitrogens with two attached hydrogens (primary N) is 1. The van der Waals surface area contributed by atoms with Crippen LogP contribution < -0.4 is 16.6 Å². The van der Waals surface area contributed by atoms with Gasteiger partial charge in [-0.1, -0.05) is 0 Å². The molecule has 0 aliphatic carbocycles. The van der Waals surface area contributed by atoms with Crippen molar-refractivity contribution in [1.82, 2.24) is 4.98 Å². The summed E-state index contributed by atoms with van der Waals surface area (Å²) >= 11 is 0. The number of hydrogen-bond donors (Lipinski definition) is 3. The van der Waals surface area contributed by atoms with E-state index >= 15 is 0 Å². The molecule has 0 fully saturated rings. The molecule has 0 radical (unpaired) electrons. The van der Waals surface area contributed by atoms with Gasteiger partial charge in [-0.05, 0) is 30.7 Å². The number of hydrazine groups is 1. The summed E-state index contributed by atoms with van der Waals surface area (Å²) in [6.45, 7) is 1.68. The number of benzene rings is 1. The van der Waals surface area contributed by atoms with Crippen molar-refractivity contribution in [2.45, 2.75) is 6.92 Å². The highest BCUT2D eigenvalue weighted by molar-refractivity contribution is 6.03. The summed E-state index contributed by atoms with van der Waals surface area (Å²) in [5.41, 5.74) is 4.27. The first kappa shape index (κ1) is 14.4. The van der Waals surface area contributed by atoms with E-state index in [1.54, 1.807) is 13.0 Å². The van der Waals surface area contributed by atoms with Crippen molar-refractivity contribution in [2.24, 2.45) is 5.84 Å². The number of nitrogens with one attached hydrogen (secondary N) is 2. The van der Waals surface area contributed by atoms with E-state index in [1.807, 2.05) is 0 Å². The zero-order valence-corrected chi connectivity index (χ0v) is 11.2. The number of anilines is 2. The second-order valence-electron chi connectivity index (χ2n) is 4.29. The van der Waals surface area contributed by atoms with E-state index in [-0.39, 0.29) is 11.4 Å². The van der Waals surface area contributed by atoms with E-state index in [0.29, 0.717) is 16.9 Å². The third kappa shape index (κ3) is 3.31. The van der Waals surface area contributed by atoms with Crippen molar-refractivity contribution in [3.63, 3.8) is 0 Å². The number of nitrogen functional groups attached to an aromatic ring is 1. The second kappa shape index (κ2) is 5.97. The lowest BCUT2D eigenvalue weighted by Crippen LogP contribution is -2.15. The number of carbonyl (C=O) groups is 1. The molecule has 1 heterocycles. The van der Waals surface area contributed by atoms with Gasteiger partial charge in [-0.15, -0.1) is 0 Å². The van der Waals surface area contributed by atoms with Gasteiger partial charge in [0.25, 0.3) is 11.6 Å². The Bertz CT molecular complexity index is 685. The minimum Gasteiger partial charge on any atom is -0.323 e. The molecule has 2 aromatic rings. The van der Waals surface area contributed by atoms with Crippen molar-refractivity contribution < 1.29 is 9.72 Å². The molecule has 0 atom stereocenters. The van der Waals surface area contributed by atoms with E-state index < -0.39 is 10.8 Å². The quantitative estimate of drug-likeness (QED) is 0.448. The molecule has 0 bridgehead atoms. The van der Waals surface area contributed by atoms with Gasteiger partial charge in [-0.2, -0.15) is 0 Å². The predicted octanol–water partition coefficient (Wildman–Crippen LogP) is 1.84. The molecule has 21 heavy (non-hydrogen) atoms. The number of nitro benzene ring substituents is 1. The van der Waals surface area contributed by atoms with Gasteiger partial charge in [-0.25, -0.2) is 4.98 Å². The van der Waals surface area contributed by atoms with Gasteiger partial charge < -0.3 is 10.7 Å².